The fourth-order valence-electron chi connectivity index (χ4n) is 2.19. The minimum absolute atomic E-state index is 0.300. The van der Waals surface area contributed by atoms with Gasteiger partial charge in [0, 0.05) is 29.0 Å². The summed E-state index contributed by atoms with van der Waals surface area (Å²) in [4.78, 5) is 17.9. The second kappa shape index (κ2) is 6.89. The summed E-state index contributed by atoms with van der Waals surface area (Å²) in [6.45, 7) is 1.06. The Hall–Kier alpha value is -2.25. The molecular formula is C16H15BrN4O2. The molecule has 0 aliphatic heterocycles. The Labute approximate surface area is 141 Å². The SMILES string of the molecule is CN(Cc1ccc(Br)cc1)Cn1nc(-c2ccncc2)oc1=O. The van der Waals surface area contributed by atoms with Gasteiger partial charge in [-0.25, -0.2) is 4.79 Å². The van der Waals surface area contributed by atoms with Crippen LogP contribution < -0.4 is 5.76 Å². The van der Waals surface area contributed by atoms with Gasteiger partial charge in [0.05, 0.1) is 0 Å². The van der Waals surface area contributed by atoms with E-state index in [1.54, 1.807) is 24.5 Å². The lowest BCUT2D eigenvalue weighted by atomic mass is 10.2. The van der Waals surface area contributed by atoms with Gasteiger partial charge < -0.3 is 4.42 Å². The van der Waals surface area contributed by atoms with E-state index in [1.807, 2.05) is 36.2 Å². The van der Waals surface area contributed by atoms with Gasteiger partial charge in [0.1, 0.15) is 6.67 Å². The van der Waals surface area contributed by atoms with Crippen molar-refractivity contribution in [2.45, 2.75) is 13.2 Å². The molecule has 6 nitrogen and oxygen atoms in total. The highest BCUT2D eigenvalue weighted by Crippen LogP contribution is 2.14. The molecule has 3 rings (SSSR count). The zero-order valence-corrected chi connectivity index (χ0v) is 14.1. The summed E-state index contributed by atoms with van der Waals surface area (Å²) in [7, 11) is 1.93. The smallest absolute Gasteiger partial charge is 0.388 e. The molecule has 0 saturated carbocycles. The number of nitrogens with zero attached hydrogens (tertiary/aromatic N) is 4. The van der Waals surface area contributed by atoms with Gasteiger partial charge in [0.25, 0.3) is 0 Å². The average molecular weight is 375 g/mol. The largest absolute Gasteiger partial charge is 0.438 e. The zero-order valence-electron chi connectivity index (χ0n) is 12.5. The van der Waals surface area contributed by atoms with Gasteiger partial charge in [-0.1, -0.05) is 28.1 Å². The molecule has 0 radical (unpaired) electrons. The molecule has 2 heterocycles. The zero-order chi connectivity index (χ0) is 16.2. The van der Waals surface area contributed by atoms with Gasteiger partial charge in [-0.3, -0.25) is 9.88 Å². The van der Waals surface area contributed by atoms with Gasteiger partial charge in [0.15, 0.2) is 0 Å². The number of hydrogen-bond donors (Lipinski definition) is 0. The fourth-order valence-corrected chi connectivity index (χ4v) is 2.45. The molecule has 0 N–H and O–H groups in total. The molecule has 1 aromatic carbocycles. The lowest BCUT2D eigenvalue weighted by Gasteiger charge is -2.15. The maximum atomic E-state index is 11.9. The molecule has 0 atom stereocenters. The molecule has 0 amide bonds. The van der Waals surface area contributed by atoms with Gasteiger partial charge in [-0.05, 0) is 36.9 Å². The fraction of sp³-hybridized carbons (Fsp3) is 0.188. The highest BCUT2D eigenvalue weighted by molar-refractivity contribution is 9.10. The van der Waals surface area contributed by atoms with Gasteiger partial charge in [-0.15, -0.1) is 5.10 Å². The van der Waals surface area contributed by atoms with Crippen LogP contribution in [0.4, 0.5) is 0 Å². The predicted octanol–water partition coefficient (Wildman–Crippen LogP) is 2.75. The monoisotopic (exact) mass is 374 g/mol. The molecule has 23 heavy (non-hydrogen) atoms. The first-order chi connectivity index (χ1) is 11.1. The Morgan fingerprint density at radius 2 is 1.87 bits per heavy atom. The number of benzene rings is 1. The van der Waals surface area contributed by atoms with Crippen LogP contribution >= 0.6 is 15.9 Å². The standard InChI is InChI=1S/C16H15BrN4O2/c1-20(10-12-2-4-14(17)5-3-12)11-21-16(22)23-15(19-21)13-6-8-18-9-7-13/h2-9H,10-11H2,1H3. The first kappa shape index (κ1) is 15.6. The maximum Gasteiger partial charge on any atom is 0.438 e. The van der Waals surface area contributed by atoms with E-state index in [4.69, 9.17) is 4.42 Å². The van der Waals surface area contributed by atoms with Crippen LogP contribution in [0, 0.1) is 0 Å². The highest BCUT2D eigenvalue weighted by atomic mass is 79.9. The first-order valence-electron chi connectivity index (χ1n) is 7.03. The van der Waals surface area contributed by atoms with E-state index < -0.39 is 5.76 Å². The van der Waals surface area contributed by atoms with E-state index in [2.05, 4.69) is 26.0 Å². The Kier molecular flexibility index (Phi) is 4.68. The maximum absolute atomic E-state index is 11.9. The van der Waals surface area contributed by atoms with Gasteiger partial charge in [-0.2, -0.15) is 4.68 Å². The lowest BCUT2D eigenvalue weighted by Crippen LogP contribution is -2.28. The number of halogens is 1. The Morgan fingerprint density at radius 1 is 1.17 bits per heavy atom. The van der Waals surface area contributed by atoms with Crippen molar-refractivity contribution in [2.24, 2.45) is 0 Å². The van der Waals surface area contributed by atoms with Crippen molar-refractivity contribution in [3.05, 3.63) is 69.4 Å². The number of rotatable bonds is 5. The van der Waals surface area contributed by atoms with E-state index in [9.17, 15) is 4.79 Å². The van der Waals surface area contributed by atoms with Crippen LogP contribution in [-0.4, -0.2) is 26.7 Å². The summed E-state index contributed by atoms with van der Waals surface area (Å²) in [5.74, 6) is -0.172. The van der Waals surface area contributed by atoms with Crippen LogP contribution in [-0.2, 0) is 13.2 Å². The van der Waals surface area contributed by atoms with Crippen LogP contribution in [0.3, 0.4) is 0 Å². The third kappa shape index (κ3) is 3.94. The summed E-state index contributed by atoms with van der Waals surface area (Å²) >= 11 is 3.41. The van der Waals surface area contributed by atoms with Crippen molar-refractivity contribution in [2.75, 3.05) is 7.05 Å². The number of hydrogen-bond acceptors (Lipinski definition) is 5. The van der Waals surface area contributed by atoms with Crippen molar-refractivity contribution < 1.29 is 4.42 Å². The van der Waals surface area contributed by atoms with Gasteiger partial charge in [0.2, 0.25) is 5.89 Å². The average Bonchev–Trinajstić information content (AvgIpc) is 2.91. The number of pyridine rings is 1. The van der Waals surface area contributed by atoms with Crippen LogP contribution in [0.15, 0.2) is 62.5 Å². The van der Waals surface area contributed by atoms with E-state index in [0.29, 0.717) is 19.1 Å². The predicted molar refractivity (Wildman–Crippen MR) is 89.6 cm³/mol. The minimum atomic E-state index is -0.473. The second-order valence-corrected chi connectivity index (χ2v) is 6.11. The van der Waals surface area contributed by atoms with Crippen LogP contribution in [0.25, 0.3) is 11.5 Å². The molecule has 0 fully saturated rings. The quantitative estimate of drug-likeness (QED) is 0.686. The minimum Gasteiger partial charge on any atom is -0.388 e. The van der Waals surface area contributed by atoms with Crippen molar-refractivity contribution >= 4 is 15.9 Å². The molecular weight excluding hydrogens is 360 g/mol. The highest BCUT2D eigenvalue weighted by Gasteiger charge is 2.11. The molecule has 2 aromatic heterocycles. The molecule has 0 aliphatic carbocycles. The normalized spacial score (nSPS) is 11.1. The van der Waals surface area contributed by atoms with E-state index in [1.165, 1.54) is 4.68 Å². The summed E-state index contributed by atoms with van der Waals surface area (Å²) in [6, 6.07) is 11.6. The van der Waals surface area contributed by atoms with E-state index in [-0.39, 0.29) is 0 Å². The first-order valence-corrected chi connectivity index (χ1v) is 7.82. The summed E-state index contributed by atoms with van der Waals surface area (Å²) < 4.78 is 7.56. The topological polar surface area (TPSA) is 64.2 Å². The summed E-state index contributed by atoms with van der Waals surface area (Å²) in [5.41, 5.74) is 1.88. The molecule has 0 saturated heterocycles. The van der Waals surface area contributed by atoms with Crippen molar-refractivity contribution in [3.63, 3.8) is 0 Å². The Bertz CT molecular complexity index is 827. The molecule has 7 heteroatoms. The van der Waals surface area contributed by atoms with E-state index >= 15 is 0 Å². The van der Waals surface area contributed by atoms with Crippen molar-refractivity contribution in [1.29, 1.82) is 0 Å². The lowest BCUT2D eigenvalue weighted by molar-refractivity contribution is 0.237. The molecule has 3 aromatic rings. The van der Waals surface area contributed by atoms with Crippen LogP contribution in [0.2, 0.25) is 0 Å². The number of aromatic nitrogens is 3. The third-order valence-corrected chi connectivity index (χ3v) is 3.80. The Morgan fingerprint density at radius 3 is 2.57 bits per heavy atom. The Balaban J connectivity index is 1.71. The van der Waals surface area contributed by atoms with Crippen LogP contribution in [0.1, 0.15) is 5.56 Å². The van der Waals surface area contributed by atoms with Crippen molar-refractivity contribution in [3.8, 4) is 11.5 Å². The van der Waals surface area contributed by atoms with E-state index in [0.717, 1.165) is 15.6 Å². The molecule has 0 spiro atoms. The van der Waals surface area contributed by atoms with Gasteiger partial charge >= 0.3 is 5.76 Å². The summed E-state index contributed by atoms with van der Waals surface area (Å²) in [6.07, 6.45) is 3.27. The molecule has 0 bridgehead atoms. The van der Waals surface area contributed by atoms with Crippen molar-refractivity contribution in [1.82, 2.24) is 19.7 Å². The molecule has 0 aliphatic rings. The van der Waals surface area contributed by atoms with Crippen LogP contribution in [0.5, 0.6) is 0 Å². The molecule has 118 valence electrons. The molecule has 0 unspecified atom stereocenters. The summed E-state index contributed by atoms with van der Waals surface area (Å²) in [5, 5.41) is 4.24. The third-order valence-electron chi connectivity index (χ3n) is 3.27. The second-order valence-electron chi connectivity index (χ2n) is 5.19.